The summed E-state index contributed by atoms with van der Waals surface area (Å²) in [5, 5.41) is 3.53. The lowest BCUT2D eigenvalue weighted by molar-refractivity contribution is 0.121. The Balaban J connectivity index is 0.000000531. The molecule has 4 heteroatoms. The zero-order valence-corrected chi connectivity index (χ0v) is 11.1. The van der Waals surface area contributed by atoms with Gasteiger partial charge in [-0.2, -0.15) is 0 Å². The molecule has 0 aromatic heterocycles. The summed E-state index contributed by atoms with van der Waals surface area (Å²) in [5.41, 5.74) is 0.610. The molecule has 2 saturated heterocycles. The number of nitrogens with zero attached hydrogens (tertiary/aromatic N) is 2. The fourth-order valence-corrected chi connectivity index (χ4v) is 3.08. The first-order valence-corrected chi connectivity index (χ1v) is 7.26. The van der Waals surface area contributed by atoms with Crippen molar-refractivity contribution in [2.24, 2.45) is 0 Å². The molecule has 0 aromatic rings. The lowest BCUT2D eigenvalue weighted by atomic mass is 10.3. The van der Waals surface area contributed by atoms with E-state index in [9.17, 15) is 0 Å². The summed E-state index contributed by atoms with van der Waals surface area (Å²) in [6.45, 7) is 13.6. The predicted molar refractivity (Wildman–Crippen MR) is 69.3 cm³/mol. The molecular weight excluding hydrogens is 206 g/mol. The quantitative estimate of drug-likeness (QED) is 0.771. The smallest absolute Gasteiger partial charge is 0.108 e. The van der Waals surface area contributed by atoms with E-state index in [2.05, 4.69) is 33.8 Å². The van der Waals surface area contributed by atoms with Crippen molar-refractivity contribution in [2.75, 3.05) is 45.0 Å². The van der Waals surface area contributed by atoms with E-state index in [1.807, 2.05) is 13.8 Å². The molecule has 1 atom stereocenters. The fourth-order valence-electron chi connectivity index (χ4n) is 1.96. The Morgan fingerprint density at radius 2 is 1.87 bits per heavy atom. The number of nitrogens with one attached hydrogen (secondary N) is 1. The highest BCUT2D eigenvalue weighted by Crippen LogP contribution is 2.19. The number of piperazine rings is 1. The van der Waals surface area contributed by atoms with Gasteiger partial charge in [-0.1, -0.05) is 20.8 Å². The van der Waals surface area contributed by atoms with Crippen LogP contribution in [0.15, 0.2) is 0 Å². The average Bonchev–Trinajstić information content (AvgIpc) is 2.85. The van der Waals surface area contributed by atoms with Crippen molar-refractivity contribution >= 4 is 11.8 Å². The van der Waals surface area contributed by atoms with Crippen LogP contribution < -0.4 is 5.32 Å². The van der Waals surface area contributed by atoms with E-state index in [1.54, 1.807) is 0 Å². The minimum absolute atomic E-state index is 0.610. The molecule has 0 amide bonds. The molecule has 2 rings (SSSR count). The molecule has 1 N–H and O–H groups in total. The molecular formula is C11H25N3S. The minimum atomic E-state index is 0.610. The molecule has 0 spiro atoms. The Morgan fingerprint density at radius 3 is 2.33 bits per heavy atom. The minimum Gasteiger partial charge on any atom is -0.301 e. The summed E-state index contributed by atoms with van der Waals surface area (Å²) in [6.07, 6.45) is 0. The summed E-state index contributed by atoms with van der Waals surface area (Å²) in [4.78, 5) is 5.10. The molecule has 15 heavy (non-hydrogen) atoms. The largest absolute Gasteiger partial charge is 0.301 e. The Hall–Kier alpha value is 0.230. The third-order valence-corrected chi connectivity index (χ3v) is 4.10. The number of thioether (sulfide) groups is 1. The van der Waals surface area contributed by atoms with Crippen LogP contribution in [0.4, 0.5) is 0 Å². The van der Waals surface area contributed by atoms with Crippen molar-refractivity contribution in [1.82, 2.24) is 15.1 Å². The molecule has 0 saturated carbocycles. The zero-order valence-electron chi connectivity index (χ0n) is 10.3. The monoisotopic (exact) mass is 231 g/mol. The third kappa shape index (κ3) is 3.94. The maximum absolute atomic E-state index is 3.53. The zero-order chi connectivity index (χ0) is 11.1. The van der Waals surface area contributed by atoms with Gasteiger partial charge in [0.2, 0.25) is 0 Å². The van der Waals surface area contributed by atoms with Crippen molar-refractivity contribution in [1.29, 1.82) is 0 Å². The predicted octanol–water partition coefficient (Wildman–Crippen LogP) is 1.27. The normalized spacial score (nSPS) is 28.6. The van der Waals surface area contributed by atoms with Crippen LogP contribution in [0.5, 0.6) is 0 Å². The Bertz CT molecular complexity index is 152. The topological polar surface area (TPSA) is 18.5 Å². The Kier molecular flexibility index (Phi) is 6.64. The molecule has 0 aromatic carbocycles. The highest BCUT2D eigenvalue weighted by atomic mass is 32.2. The van der Waals surface area contributed by atoms with Gasteiger partial charge in [0, 0.05) is 38.5 Å². The van der Waals surface area contributed by atoms with Crippen LogP contribution >= 0.6 is 11.8 Å². The first kappa shape index (κ1) is 13.3. The third-order valence-electron chi connectivity index (χ3n) is 2.88. The molecule has 90 valence electrons. The van der Waals surface area contributed by atoms with E-state index >= 15 is 0 Å². The van der Waals surface area contributed by atoms with Gasteiger partial charge in [0.05, 0.1) is 0 Å². The molecule has 2 heterocycles. The van der Waals surface area contributed by atoms with E-state index in [0.717, 1.165) is 0 Å². The summed E-state index contributed by atoms with van der Waals surface area (Å²) < 4.78 is 0. The first-order chi connectivity index (χ1) is 7.40. The SMILES string of the molecule is CC.CCN1CCN(C2NCCS2)CC1. The second kappa shape index (κ2) is 7.49. The first-order valence-electron chi connectivity index (χ1n) is 6.21. The Labute approximate surface area is 98.6 Å². The Morgan fingerprint density at radius 1 is 1.20 bits per heavy atom. The molecule has 0 bridgehead atoms. The second-order valence-electron chi connectivity index (χ2n) is 3.65. The van der Waals surface area contributed by atoms with Crippen molar-refractivity contribution < 1.29 is 0 Å². The number of hydrogen-bond donors (Lipinski definition) is 1. The number of likely N-dealkylation sites (N-methyl/N-ethyl adjacent to an activating group) is 1. The van der Waals surface area contributed by atoms with Gasteiger partial charge in [-0.05, 0) is 6.54 Å². The van der Waals surface area contributed by atoms with Gasteiger partial charge < -0.3 is 4.90 Å². The summed E-state index contributed by atoms with van der Waals surface area (Å²) in [6, 6.07) is 0. The molecule has 0 radical (unpaired) electrons. The van der Waals surface area contributed by atoms with Crippen LogP contribution in [0.25, 0.3) is 0 Å². The van der Waals surface area contributed by atoms with Gasteiger partial charge in [-0.25, -0.2) is 0 Å². The van der Waals surface area contributed by atoms with Crippen molar-refractivity contribution in [3.05, 3.63) is 0 Å². The van der Waals surface area contributed by atoms with Crippen molar-refractivity contribution in [3.63, 3.8) is 0 Å². The second-order valence-corrected chi connectivity index (χ2v) is 4.84. The van der Waals surface area contributed by atoms with Gasteiger partial charge in [0.1, 0.15) is 5.50 Å². The van der Waals surface area contributed by atoms with E-state index in [1.165, 1.54) is 45.0 Å². The van der Waals surface area contributed by atoms with Crippen molar-refractivity contribution in [3.8, 4) is 0 Å². The van der Waals surface area contributed by atoms with Gasteiger partial charge in [0.15, 0.2) is 0 Å². The molecule has 1 unspecified atom stereocenters. The number of hydrogen-bond acceptors (Lipinski definition) is 4. The highest BCUT2D eigenvalue weighted by molar-refractivity contribution is 8.00. The van der Waals surface area contributed by atoms with E-state index in [0.29, 0.717) is 5.50 Å². The maximum atomic E-state index is 3.53. The van der Waals surface area contributed by atoms with E-state index < -0.39 is 0 Å². The van der Waals surface area contributed by atoms with E-state index in [-0.39, 0.29) is 0 Å². The lowest BCUT2D eigenvalue weighted by Crippen LogP contribution is -2.51. The van der Waals surface area contributed by atoms with Gasteiger partial charge in [-0.15, -0.1) is 11.8 Å². The molecule has 2 aliphatic heterocycles. The summed E-state index contributed by atoms with van der Waals surface area (Å²) in [7, 11) is 0. The van der Waals surface area contributed by atoms with E-state index in [4.69, 9.17) is 0 Å². The summed E-state index contributed by atoms with van der Waals surface area (Å²) >= 11 is 2.05. The van der Waals surface area contributed by atoms with Gasteiger partial charge in [0.25, 0.3) is 0 Å². The maximum Gasteiger partial charge on any atom is 0.108 e. The van der Waals surface area contributed by atoms with Crippen LogP contribution in [0.3, 0.4) is 0 Å². The molecule has 2 fully saturated rings. The highest BCUT2D eigenvalue weighted by Gasteiger charge is 2.25. The van der Waals surface area contributed by atoms with Crippen LogP contribution in [-0.4, -0.2) is 60.3 Å². The number of rotatable bonds is 2. The van der Waals surface area contributed by atoms with Crippen molar-refractivity contribution in [2.45, 2.75) is 26.3 Å². The average molecular weight is 231 g/mol. The van der Waals surface area contributed by atoms with Crippen LogP contribution in [0, 0.1) is 0 Å². The van der Waals surface area contributed by atoms with Crippen LogP contribution in [0.1, 0.15) is 20.8 Å². The fraction of sp³-hybridized carbons (Fsp3) is 1.00. The van der Waals surface area contributed by atoms with Crippen LogP contribution in [0.2, 0.25) is 0 Å². The summed E-state index contributed by atoms with van der Waals surface area (Å²) in [5.74, 6) is 1.28. The molecule has 3 nitrogen and oxygen atoms in total. The molecule has 2 aliphatic rings. The van der Waals surface area contributed by atoms with Gasteiger partial charge in [-0.3, -0.25) is 10.2 Å². The molecule has 0 aliphatic carbocycles. The van der Waals surface area contributed by atoms with Crippen LogP contribution in [-0.2, 0) is 0 Å². The standard InChI is InChI=1S/C9H19N3S.C2H6/c1-2-11-4-6-12(7-5-11)9-10-3-8-13-9;1-2/h9-10H,2-8H2,1H3;1-2H3. The van der Waals surface area contributed by atoms with Gasteiger partial charge >= 0.3 is 0 Å². The lowest BCUT2D eigenvalue weighted by Gasteiger charge is -2.36.